The molecule has 0 bridgehead atoms. The lowest BCUT2D eigenvalue weighted by molar-refractivity contribution is -0.120. The summed E-state index contributed by atoms with van der Waals surface area (Å²) < 4.78 is 26.3. The van der Waals surface area contributed by atoms with Gasteiger partial charge in [-0.25, -0.2) is 8.78 Å². The zero-order chi connectivity index (χ0) is 14.5. The molecular weight excluding hydrogens is 264 g/mol. The summed E-state index contributed by atoms with van der Waals surface area (Å²) in [6, 6.07) is 9.31. The zero-order valence-corrected chi connectivity index (χ0v) is 10.6. The number of benzene rings is 2. The molecule has 104 valence electrons. The first-order chi connectivity index (χ1) is 9.54. The number of amides is 1. The van der Waals surface area contributed by atoms with Gasteiger partial charge in [-0.3, -0.25) is 4.79 Å². The topological polar surface area (TPSA) is 49.3 Å². The first-order valence-corrected chi connectivity index (χ1v) is 6.03. The highest BCUT2D eigenvalue weighted by Gasteiger charge is 2.07. The fourth-order valence-electron chi connectivity index (χ4n) is 1.73. The Labute approximate surface area is 114 Å². The molecule has 20 heavy (non-hydrogen) atoms. The maximum absolute atomic E-state index is 13.3. The van der Waals surface area contributed by atoms with Crippen molar-refractivity contribution in [1.82, 2.24) is 5.32 Å². The number of phenols is 1. The van der Waals surface area contributed by atoms with Crippen molar-refractivity contribution >= 4 is 5.91 Å². The third-order valence-corrected chi connectivity index (χ3v) is 2.78. The molecule has 2 N–H and O–H groups in total. The number of carbonyl (C=O) groups excluding carboxylic acids is 1. The summed E-state index contributed by atoms with van der Waals surface area (Å²) in [4.78, 5) is 11.7. The Balaban J connectivity index is 1.92. The van der Waals surface area contributed by atoms with Crippen molar-refractivity contribution in [3.05, 3.63) is 65.2 Å². The summed E-state index contributed by atoms with van der Waals surface area (Å²) in [7, 11) is 0. The van der Waals surface area contributed by atoms with Gasteiger partial charge in [0.05, 0.1) is 6.42 Å². The smallest absolute Gasteiger partial charge is 0.224 e. The van der Waals surface area contributed by atoms with E-state index in [1.165, 1.54) is 12.1 Å². The van der Waals surface area contributed by atoms with E-state index in [9.17, 15) is 13.6 Å². The number of halogens is 2. The van der Waals surface area contributed by atoms with Crippen molar-refractivity contribution < 1.29 is 18.7 Å². The van der Waals surface area contributed by atoms with Crippen LogP contribution < -0.4 is 5.32 Å². The number of rotatable bonds is 4. The molecule has 0 fully saturated rings. The second kappa shape index (κ2) is 6.14. The van der Waals surface area contributed by atoms with E-state index in [0.29, 0.717) is 0 Å². The molecule has 1 amide bonds. The van der Waals surface area contributed by atoms with Gasteiger partial charge in [0.1, 0.15) is 17.4 Å². The molecule has 0 atom stereocenters. The minimum absolute atomic E-state index is 0.0689. The van der Waals surface area contributed by atoms with Crippen molar-refractivity contribution in [2.75, 3.05) is 0 Å². The van der Waals surface area contributed by atoms with Crippen LogP contribution >= 0.6 is 0 Å². The molecule has 0 heterocycles. The number of hydrogen-bond donors (Lipinski definition) is 2. The van der Waals surface area contributed by atoms with Crippen molar-refractivity contribution in [2.45, 2.75) is 13.0 Å². The maximum atomic E-state index is 13.3. The van der Waals surface area contributed by atoms with E-state index in [0.717, 1.165) is 23.8 Å². The molecule has 0 aromatic heterocycles. The van der Waals surface area contributed by atoms with Crippen LogP contribution in [0.2, 0.25) is 0 Å². The van der Waals surface area contributed by atoms with E-state index < -0.39 is 11.6 Å². The van der Waals surface area contributed by atoms with Crippen LogP contribution in [0.5, 0.6) is 5.75 Å². The Bertz CT molecular complexity index is 612. The van der Waals surface area contributed by atoms with Crippen LogP contribution in [0.15, 0.2) is 42.5 Å². The Hall–Kier alpha value is -2.43. The zero-order valence-electron chi connectivity index (χ0n) is 10.6. The molecular formula is C15H13F2NO2. The molecule has 0 aliphatic carbocycles. The lowest BCUT2D eigenvalue weighted by Crippen LogP contribution is -2.25. The van der Waals surface area contributed by atoms with Crippen LogP contribution in [-0.4, -0.2) is 11.0 Å². The van der Waals surface area contributed by atoms with Crippen LogP contribution in [0.3, 0.4) is 0 Å². The number of carbonyl (C=O) groups is 1. The van der Waals surface area contributed by atoms with Gasteiger partial charge < -0.3 is 10.4 Å². The van der Waals surface area contributed by atoms with Crippen LogP contribution in [0.1, 0.15) is 11.1 Å². The fraction of sp³-hybridized carbons (Fsp3) is 0.133. The third kappa shape index (κ3) is 3.78. The highest BCUT2D eigenvalue weighted by atomic mass is 19.1. The van der Waals surface area contributed by atoms with Crippen LogP contribution in [0, 0.1) is 11.6 Å². The first kappa shape index (κ1) is 14.0. The molecule has 0 unspecified atom stereocenters. The molecule has 0 saturated heterocycles. The van der Waals surface area contributed by atoms with Gasteiger partial charge in [-0.2, -0.15) is 0 Å². The van der Waals surface area contributed by atoms with E-state index in [1.54, 1.807) is 12.1 Å². The van der Waals surface area contributed by atoms with Crippen LogP contribution in [0.4, 0.5) is 8.78 Å². The van der Waals surface area contributed by atoms with E-state index in [1.807, 2.05) is 0 Å². The molecule has 0 aliphatic heterocycles. The van der Waals surface area contributed by atoms with Crippen molar-refractivity contribution in [3.8, 4) is 5.75 Å². The van der Waals surface area contributed by atoms with Gasteiger partial charge >= 0.3 is 0 Å². The summed E-state index contributed by atoms with van der Waals surface area (Å²) in [5.74, 6) is -1.29. The Morgan fingerprint density at radius 1 is 1.10 bits per heavy atom. The van der Waals surface area contributed by atoms with E-state index in [-0.39, 0.29) is 30.2 Å². The normalized spacial score (nSPS) is 10.3. The number of nitrogens with one attached hydrogen (secondary N) is 1. The maximum Gasteiger partial charge on any atom is 0.224 e. The second-order valence-corrected chi connectivity index (χ2v) is 4.36. The molecule has 0 spiro atoms. The van der Waals surface area contributed by atoms with Gasteiger partial charge in [0.25, 0.3) is 0 Å². The summed E-state index contributed by atoms with van der Waals surface area (Å²) in [6.45, 7) is -0.0689. The van der Waals surface area contributed by atoms with Gasteiger partial charge in [0.2, 0.25) is 5.91 Å². The molecule has 0 radical (unpaired) electrons. The second-order valence-electron chi connectivity index (χ2n) is 4.36. The number of phenolic OH excluding ortho intramolecular Hbond substituents is 1. The quantitative estimate of drug-likeness (QED) is 0.902. The SMILES string of the molecule is O=C(Cc1ccc(O)cc1)NCc1cc(F)ccc1F. The fourth-order valence-corrected chi connectivity index (χ4v) is 1.73. The van der Waals surface area contributed by atoms with E-state index in [2.05, 4.69) is 5.32 Å². The summed E-state index contributed by atoms with van der Waals surface area (Å²) in [5, 5.41) is 11.6. The van der Waals surface area contributed by atoms with Gasteiger partial charge in [0, 0.05) is 12.1 Å². The van der Waals surface area contributed by atoms with Crippen LogP contribution in [-0.2, 0) is 17.8 Å². The highest BCUT2D eigenvalue weighted by molar-refractivity contribution is 5.78. The largest absolute Gasteiger partial charge is 0.508 e. The summed E-state index contributed by atoms with van der Waals surface area (Å²) in [5.41, 5.74) is 0.823. The predicted octanol–water partition coefficient (Wildman–Crippen LogP) is 2.53. The van der Waals surface area contributed by atoms with Gasteiger partial charge in [-0.05, 0) is 35.9 Å². The monoisotopic (exact) mass is 277 g/mol. The molecule has 3 nitrogen and oxygen atoms in total. The highest BCUT2D eigenvalue weighted by Crippen LogP contribution is 2.11. The molecule has 0 aliphatic rings. The number of aromatic hydroxyl groups is 1. The Kier molecular flexibility index (Phi) is 4.30. The average molecular weight is 277 g/mol. The Morgan fingerprint density at radius 2 is 1.80 bits per heavy atom. The van der Waals surface area contributed by atoms with Gasteiger partial charge in [-0.1, -0.05) is 12.1 Å². The average Bonchev–Trinajstić information content (AvgIpc) is 2.42. The van der Waals surface area contributed by atoms with Crippen molar-refractivity contribution in [3.63, 3.8) is 0 Å². The molecule has 2 aromatic rings. The predicted molar refractivity (Wildman–Crippen MR) is 70.0 cm³/mol. The third-order valence-electron chi connectivity index (χ3n) is 2.78. The minimum atomic E-state index is -0.559. The Morgan fingerprint density at radius 3 is 2.50 bits per heavy atom. The first-order valence-electron chi connectivity index (χ1n) is 6.03. The number of hydrogen-bond acceptors (Lipinski definition) is 2. The van der Waals surface area contributed by atoms with Crippen molar-refractivity contribution in [2.24, 2.45) is 0 Å². The minimum Gasteiger partial charge on any atom is -0.508 e. The molecule has 0 saturated carbocycles. The van der Waals surface area contributed by atoms with E-state index >= 15 is 0 Å². The molecule has 2 aromatic carbocycles. The summed E-state index contributed by atoms with van der Waals surface area (Å²) >= 11 is 0. The van der Waals surface area contributed by atoms with E-state index in [4.69, 9.17) is 5.11 Å². The van der Waals surface area contributed by atoms with Crippen molar-refractivity contribution in [1.29, 1.82) is 0 Å². The molecule has 5 heteroatoms. The lowest BCUT2D eigenvalue weighted by atomic mass is 10.1. The van der Waals surface area contributed by atoms with Crippen LogP contribution in [0.25, 0.3) is 0 Å². The molecule has 2 rings (SSSR count). The standard InChI is InChI=1S/C15H13F2NO2/c16-12-3-6-14(17)11(8-12)9-18-15(20)7-10-1-4-13(19)5-2-10/h1-6,8,19H,7,9H2,(H,18,20). The summed E-state index contributed by atoms with van der Waals surface area (Å²) in [6.07, 6.45) is 0.108. The van der Waals surface area contributed by atoms with Gasteiger partial charge in [0.15, 0.2) is 0 Å². The van der Waals surface area contributed by atoms with Gasteiger partial charge in [-0.15, -0.1) is 0 Å². The lowest BCUT2D eigenvalue weighted by Gasteiger charge is -2.07.